The molecule has 0 radical (unpaired) electrons. The van der Waals surface area contributed by atoms with E-state index < -0.39 is 5.91 Å². The molecule has 1 aromatic rings. The van der Waals surface area contributed by atoms with Gasteiger partial charge in [-0.05, 0) is 25.1 Å². The summed E-state index contributed by atoms with van der Waals surface area (Å²) in [6.45, 7) is 2.50. The van der Waals surface area contributed by atoms with Crippen molar-refractivity contribution in [3.63, 3.8) is 0 Å². The molecule has 18 heavy (non-hydrogen) atoms. The van der Waals surface area contributed by atoms with Gasteiger partial charge in [0.15, 0.2) is 0 Å². The zero-order valence-electron chi connectivity index (χ0n) is 9.83. The van der Waals surface area contributed by atoms with Crippen molar-refractivity contribution in [2.45, 2.75) is 6.92 Å². The highest BCUT2D eigenvalue weighted by atomic mass is 35.5. The first kappa shape index (κ1) is 13.9. The van der Waals surface area contributed by atoms with E-state index in [2.05, 4.69) is 10.6 Å². The van der Waals surface area contributed by atoms with E-state index in [1.165, 1.54) is 12.3 Å². The third-order valence-electron chi connectivity index (χ3n) is 2.07. The molecule has 94 valence electrons. The SMILES string of the molecule is CCN/C=C(/C#N)C(=O)Nc1ccc(N)c(Cl)c1. The number of nitrogens with two attached hydrogens (primary N) is 1. The number of hydrogen-bond acceptors (Lipinski definition) is 4. The maximum atomic E-state index is 11.7. The van der Waals surface area contributed by atoms with Gasteiger partial charge >= 0.3 is 0 Å². The Bertz CT molecular complexity index is 519. The topological polar surface area (TPSA) is 90.9 Å². The van der Waals surface area contributed by atoms with Crippen LogP contribution >= 0.6 is 11.6 Å². The van der Waals surface area contributed by atoms with E-state index in [1.54, 1.807) is 12.1 Å². The summed E-state index contributed by atoms with van der Waals surface area (Å²) in [4.78, 5) is 11.7. The normalized spacial score (nSPS) is 10.6. The van der Waals surface area contributed by atoms with Gasteiger partial charge in [0.2, 0.25) is 0 Å². The Morgan fingerprint density at radius 2 is 2.33 bits per heavy atom. The summed E-state index contributed by atoms with van der Waals surface area (Å²) in [7, 11) is 0. The van der Waals surface area contributed by atoms with Gasteiger partial charge in [0.05, 0.1) is 10.7 Å². The van der Waals surface area contributed by atoms with E-state index in [9.17, 15) is 4.79 Å². The van der Waals surface area contributed by atoms with Crippen molar-refractivity contribution >= 4 is 28.9 Å². The highest BCUT2D eigenvalue weighted by Crippen LogP contribution is 2.22. The van der Waals surface area contributed by atoms with E-state index in [0.29, 0.717) is 22.9 Å². The number of halogens is 1. The number of rotatable bonds is 4. The second-order valence-electron chi connectivity index (χ2n) is 3.42. The van der Waals surface area contributed by atoms with Crippen molar-refractivity contribution in [3.05, 3.63) is 35.0 Å². The van der Waals surface area contributed by atoms with Crippen molar-refractivity contribution in [1.82, 2.24) is 5.32 Å². The van der Waals surface area contributed by atoms with E-state index in [-0.39, 0.29) is 5.57 Å². The molecule has 0 unspecified atom stereocenters. The molecule has 0 spiro atoms. The van der Waals surface area contributed by atoms with Gasteiger partial charge in [-0.3, -0.25) is 4.79 Å². The molecule has 0 bridgehead atoms. The van der Waals surface area contributed by atoms with Crippen molar-refractivity contribution in [2.24, 2.45) is 0 Å². The molecule has 0 fully saturated rings. The molecule has 0 aliphatic heterocycles. The molecule has 1 amide bonds. The van der Waals surface area contributed by atoms with Crippen LogP contribution in [-0.4, -0.2) is 12.5 Å². The molecule has 0 saturated heterocycles. The van der Waals surface area contributed by atoms with Gasteiger partial charge in [0.25, 0.3) is 5.91 Å². The second kappa shape index (κ2) is 6.52. The quantitative estimate of drug-likeness (QED) is 0.440. The standard InChI is InChI=1S/C12H13ClN4O/c1-2-16-7-8(6-14)12(18)17-9-3-4-11(15)10(13)5-9/h3-5,7,16H,2,15H2,1H3,(H,17,18)/b8-7-. The van der Waals surface area contributed by atoms with Crippen LogP contribution in [0.4, 0.5) is 11.4 Å². The smallest absolute Gasteiger partial charge is 0.267 e. The molecule has 5 nitrogen and oxygen atoms in total. The van der Waals surface area contributed by atoms with Crippen LogP contribution in [0.15, 0.2) is 30.0 Å². The van der Waals surface area contributed by atoms with Crippen LogP contribution in [0.3, 0.4) is 0 Å². The second-order valence-corrected chi connectivity index (χ2v) is 3.83. The number of nitriles is 1. The van der Waals surface area contributed by atoms with Crippen LogP contribution in [-0.2, 0) is 4.79 Å². The van der Waals surface area contributed by atoms with Gasteiger partial charge in [0.1, 0.15) is 11.6 Å². The van der Waals surface area contributed by atoms with E-state index >= 15 is 0 Å². The maximum absolute atomic E-state index is 11.7. The summed E-state index contributed by atoms with van der Waals surface area (Å²) in [6.07, 6.45) is 1.37. The fraction of sp³-hybridized carbons (Fsp3) is 0.167. The average molecular weight is 265 g/mol. The van der Waals surface area contributed by atoms with Crippen molar-refractivity contribution < 1.29 is 4.79 Å². The number of nitrogens with one attached hydrogen (secondary N) is 2. The largest absolute Gasteiger partial charge is 0.398 e. The Hall–Kier alpha value is -2.19. The minimum atomic E-state index is -0.501. The molecule has 0 aliphatic rings. The van der Waals surface area contributed by atoms with E-state index in [0.717, 1.165) is 0 Å². The number of carbonyl (C=O) groups is 1. The fourth-order valence-corrected chi connectivity index (χ4v) is 1.34. The minimum Gasteiger partial charge on any atom is -0.398 e. The molecule has 1 aromatic carbocycles. The molecule has 6 heteroatoms. The van der Waals surface area contributed by atoms with Crippen molar-refractivity contribution in [2.75, 3.05) is 17.6 Å². The number of anilines is 2. The number of amides is 1. The molecule has 0 heterocycles. The summed E-state index contributed by atoms with van der Waals surface area (Å²) in [6, 6.07) is 6.53. The molecular formula is C12H13ClN4O. The zero-order chi connectivity index (χ0) is 13.5. The fourth-order valence-electron chi connectivity index (χ4n) is 1.16. The number of hydrogen-bond donors (Lipinski definition) is 3. The van der Waals surface area contributed by atoms with Crippen molar-refractivity contribution in [1.29, 1.82) is 5.26 Å². The van der Waals surface area contributed by atoms with Crippen LogP contribution in [0.1, 0.15) is 6.92 Å². The lowest BCUT2D eigenvalue weighted by Gasteiger charge is -2.06. The summed E-state index contributed by atoms with van der Waals surface area (Å²) in [5.74, 6) is -0.501. The van der Waals surface area contributed by atoms with Gasteiger partial charge < -0.3 is 16.4 Å². The predicted octanol–water partition coefficient (Wildman–Crippen LogP) is 1.88. The third kappa shape index (κ3) is 3.68. The first-order valence-corrected chi connectivity index (χ1v) is 5.66. The molecule has 0 aromatic heterocycles. The molecule has 0 saturated carbocycles. The van der Waals surface area contributed by atoms with Crippen LogP contribution in [0.25, 0.3) is 0 Å². The first-order valence-electron chi connectivity index (χ1n) is 5.28. The Morgan fingerprint density at radius 3 is 2.89 bits per heavy atom. The Labute approximate surface area is 110 Å². The summed E-state index contributed by atoms with van der Waals surface area (Å²) >= 11 is 5.83. The van der Waals surface area contributed by atoms with Crippen LogP contribution in [0.2, 0.25) is 5.02 Å². The monoisotopic (exact) mass is 264 g/mol. The highest BCUT2D eigenvalue weighted by Gasteiger charge is 2.09. The van der Waals surface area contributed by atoms with Gasteiger partial charge in [-0.1, -0.05) is 11.6 Å². The molecule has 1 rings (SSSR count). The molecule has 4 N–H and O–H groups in total. The Balaban J connectivity index is 2.81. The lowest BCUT2D eigenvalue weighted by Crippen LogP contribution is -2.16. The lowest BCUT2D eigenvalue weighted by atomic mass is 10.2. The minimum absolute atomic E-state index is 0.00945. The summed E-state index contributed by atoms with van der Waals surface area (Å²) in [5, 5.41) is 14.5. The van der Waals surface area contributed by atoms with Crippen LogP contribution in [0.5, 0.6) is 0 Å². The molecular weight excluding hydrogens is 252 g/mol. The number of nitrogens with zero attached hydrogens (tertiary/aromatic N) is 1. The van der Waals surface area contributed by atoms with Gasteiger partial charge in [-0.2, -0.15) is 5.26 Å². The van der Waals surface area contributed by atoms with E-state index in [4.69, 9.17) is 22.6 Å². The molecule has 0 atom stereocenters. The molecule has 0 aliphatic carbocycles. The van der Waals surface area contributed by atoms with Crippen LogP contribution < -0.4 is 16.4 Å². The summed E-state index contributed by atoms with van der Waals surface area (Å²) in [5.41, 5.74) is 6.46. The Kier molecular flexibility index (Phi) is 5.03. The number of carbonyl (C=O) groups excluding carboxylic acids is 1. The first-order chi connectivity index (χ1) is 8.58. The van der Waals surface area contributed by atoms with Gasteiger partial charge in [0, 0.05) is 18.4 Å². The maximum Gasteiger partial charge on any atom is 0.267 e. The van der Waals surface area contributed by atoms with Crippen LogP contribution in [0, 0.1) is 11.3 Å². The number of nitrogen functional groups attached to an aromatic ring is 1. The number of benzene rings is 1. The van der Waals surface area contributed by atoms with Crippen molar-refractivity contribution in [3.8, 4) is 6.07 Å². The Morgan fingerprint density at radius 1 is 1.61 bits per heavy atom. The van der Waals surface area contributed by atoms with Gasteiger partial charge in [-0.25, -0.2) is 0 Å². The average Bonchev–Trinajstić information content (AvgIpc) is 2.35. The lowest BCUT2D eigenvalue weighted by molar-refractivity contribution is -0.112. The third-order valence-corrected chi connectivity index (χ3v) is 2.40. The summed E-state index contributed by atoms with van der Waals surface area (Å²) < 4.78 is 0. The zero-order valence-corrected chi connectivity index (χ0v) is 10.6. The van der Waals surface area contributed by atoms with E-state index in [1.807, 2.05) is 13.0 Å². The van der Waals surface area contributed by atoms with Gasteiger partial charge in [-0.15, -0.1) is 0 Å². The predicted molar refractivity (Wildman–Crippen MR) is 71.9 cm³/mol. The highest BCUT2D eigenvalue weighted by molar-refractivity contribution is 6.33.